The van der Waals surface area contributed by atoms with Crippen LogP contribution in [0.4, 0.5) is 0 Å². The maximum atomic E-state index is 13.5. The molecule has 0 aromatic heterocycles. The van der Waals surface area contributed by atoms with Crippen LogP contribution in [0.15, 0.2) is 0 Å². The zero-order valence-corrected chi connectivity index (χ0v) is 16.6. The Bertz CT molecular complexity index is 692. The fourth-order valence-electron chi connectivity index (χ4n) is 7.81. The summed E-state index contributed by atoms with van der Waals surface area (Å²) in [5.41, 5.74) is -5.16. The van der Waals surface area contributed by atoms with Gasteiger partial charge in [0.15, 0.2) is 5.78 Å². The van der Waals surface area contributed by atoms with E-state index in [1.165, 1.54) is 7.11 Å². The number of Topliss-reactive ketones (excluding diaryl/α,β-unsaturated/α-hetero) is 1. The van der Waals surface area contributed by atoms with Gasteiger partial charge >= 0.3 is 5.97 Å². The molecule has 7 atom stereocenters. The van der Waals surface area contributed by atoms with E-state index in [2.05, 4.69) is 0 Å². The number of hydrogen-bond donors (Lipinski definition) is 3. The third kappa shape index (κ3) is 1.92. The van der Waals surface area contributed by atoms with Crippen molar-refractivity contribution in [2.75, 3.05) is 13.7 Å². The largest absolute Gasteiger partial charge is 0.469 e. The molecule has 0 aromatic rings. The zero-order valence-electron chi connectivity index (χ0n) is 16.6. The van der Waals surface area contributed by atoms with Gasteiger partial charge in [-0.3, -0.25) is 9.59 Å². The highest BCUT2D eigenvalue weighted by atomic mass is 16.5. The van der Waals surface area contributed by atoms with Crippen molar-refractivity contribution in [3.63, 3.8) is 0 Å². The minimum atomic E-state index is -1.69. The molecule has 4 fully saturated rings. The lowest BCUT2D eigenvalue weighted by Crippen LogP contribution is -2.70. The Hall–Kier alpha value is -0.980. The molecule has 4 saturated carbocycles. The summed E-state index contributed by atoms with van der Waals surface area (Å²) in [5.74, 6) is -1.10. The minimum Gasteiger partial charge on any atom is -0.469 e. The van der Waals surface area contributed by atoms with Crippen LogP contribution >= 0.6 is 0 Å². The minimum absolute atomic E-state index is 0.251. The smallest absolute Gasteiger partial charge is 0.311 e. The van der Waals surface area contributed by atoms with Crippen molar-refractivity contribution in [2.24, 2.45) is 28.1 Å². The summed E-state index contributed by atoms with van der Waals surface area (Å²) in [6.45, 7) is 3.32. The molecular weight excluding hydrogens is 348 g/mol. The Labute approximate surface area is 160 Å². The summed E-state index contributed by atoms with van der Waals surface area (Å²) in [6.07, 6.45) is 4.76. The molecule has 6 nitrogen and oxygen atoms in total. The molecule has 0 radical (unpaired) electrons. The summed E-state index contributed by atoms with van der Waals surface area (Å²) < 4.78 is 5.10. The normalized spacial score (nSPS) is 54.2. The Morgan fingerprint density at radius 1 is 1.15 bits per heavy atom. The van der Waals surface area contributed by atoms with Crippen LogP contribution in [0.1, 0.15) is 65.2 Å². The summed E-state index contributed by atoms with van der Waals surface area (Å²) >= 11 is 0. The van der Waals surface area contributed by atoms with Crippen LogP contribution in [0.25, 0.3) is 0 Å². The van der Waals surface area contributed by atoms with Crippen LogP contribution in [0.3, 0.4) is 0 Å². The number of aliphatic hydroxyl groups is 3. The average molecular weight is 380 g/mol. The van der Waals surface area contributed by atoms with E-state index < -0.39 is 34.1 Å². The van der Waals surface area contributed by atoms with E-state index in [1.807, 2.05) is 13.8 Å². The molecule has 152 valence electrons. The summed E-state index contributed by atoms with van der Waals surface area (Å²) in [5, 5.41) is 32.8. The fourth-order valence-corrected chi connectivity index (χ4v) is 7.81. The second-order valence-corrected chi connectivity index (χ2v) is 10.0. The molecule has 1 spiro atoms. The molecule has 4 aliphatic carbocycles. The SMILES string of the molecule is COC(=O)C1(C)CCCC2(O)C1CCC13CC(CCC12C)C(O)(CO)C3=O. The number of carbonyl (C=O) groups is 2. The van der Waals surface area contributed by atoms with Gasteiger partial charge < -0.3 is 20.1 Å². The van der Waals surface area contributed by atoms with Crippen LogP contribution < -0.4 is 0 Å². The van der Waals surface area contributed by atoms with Gasteiger partial charge in [-0.05, 0) is 64.2 Å². The Kier molecular flexibility index (Phi) is 3.97. The lowest BCUT2D eigenvalue weighted by molar-refractivity contribution is -0.256. The van der Waals surface area contributed by atoms with E-state index in [-0.39, 0.29) is 23.6 Å². The van der Waals surface area contributed by atoms with E-state index in [0.29, 0.717) is 51.4 Å². The van der Waals surface area contributed by atoms with E-state index >= 15 is 0 Å². The van der Waals surface area contributed by atoms with Crippen molar-refractivity contribution in [1.29, 1.82) is 0 Å². The van der Waals surface area contributed by atoms with E-state index in [0.717, 1.165) is 0 Å². The van der Waals surface area contributed by atoms with Gasteiger partial charge in [0.1, 0.15) is 5.60 Å². The van der Waals surface area contributed by atoms with Crippen LogP contribution in [0.5, 0.6) is 0 Å². The lowest BCUT2D eigenvalue weighted by Gasteiger charge is -2.66. The highest BCUT2D eigenvalue weighted by Crippen LogP contribution is 2.74. The predicted octanol–water partition coefficient (Wildman–Crippen LogP) is 1.59. The molecule has 7 unspecified atom stereocenters. The first-order chi connectivity index (χ1) is 12.6. The number of aliphatic hydroxyl groups excluding tert-OH is 1. The number of methoxy groups -OCH3 is 1. The molecule has 6 heteroatoms. The lowest BCUT2D eigenvalue weighted by atomic mass is 9.38. The van der Waals surface area contributed by atoms with Gasteiger partial charge in [0.25, 0.3) is 0 Å². The Morgan fingerprint density at radius 3 is 2.48 bits per heavy atom. The van der Waals surface area contributed by atoms with Crippen molar-refractivity contribution in [3.05, 3.63) is 0 Å². The number of ether oxygens (including phenoxy) is 1. The molecule has 0 aliphatic heterocycles. The third-order valence-electron chi connectivity index (χ3n) is 9.45. The number of fused-ring (bicyclic) bond motifs is 3. The topological polar surface area (TPSA) is 104 Å². The van der Waals surface area contributed by atoms with Crippen molar-refractivity contribution >= 4 is 11.8 Å². The number of rotatable bonds is 2. The van der Waals surface area contributed by atoms with Crippen LogP contribution in [0, 0.1) is 28.1 Å². The average Bonchev–Trinajstić information content (AvgIpc) is 2.83. The second kappa shape index (κ2) is 5.55. The first-order valence-corrected chi connectivity index (χ1v) is 10.2. The van der Waals surface area contributed by atoms with Crippen molar-refractivity contribution in [2.45, 2.75) is 76.4 Å². The first-order valence-electron chi connectivity index (χ1n) is 10.2. The molecule has 0 saturated heterocycles. The van der Waals surface area contributed by atoms with Crippen molar-refractivity contribution in [3.8, 4) is 0 Å². The van der Waals surface area contributed by atoms with Gasteiger partial charge in [0.2, 0.25) is 0 Å². The molecule has 4 rings (SSSR count). The standard InChI is InChI=1S/C21H32O6/c1-17(16(24)27-3)7-4-8-21(26)14(17)6-10-19-11-13(5-9-18(19,21)2)20(25,12-22)15(19)23/h13-14,22,25-26H,4-12H2,1-3H3. The van der Waals surface area contributed by atoms with E-state index in [4.69, 9.17) is 4.74 Å². The number of esters is 1. The van der Waals surface area contributed by atoms with Crippen LogP contribution in [-0.4, -0.2) is 52.0 Å². The predicted molar refractivity (Wildman–Crippen MR) is 96.6 cm³/mol. The number of hydrogen-bond acceptors (Lipinski definition) is 6. The maximum absolute atomic E-state index is 13.5. The Morgan fingerprint density at radius 2 is 1.85 bits per heavy atom. The molecule has 3 N–H and O–H groups in total. The van der Waals surface area contributed by atoms with Gasteiger partial charge in [-0.1, -0.05) is 6.92 Å². The van der Waals surface area contributed by atoms with E-state index in [9.17, 15) is 24.9 Å². The maximum Gasteiger partial charge on any atom is 0.311 e. The van der Waals surface area contributed by atoms with Gasteiger partial charge in [0, 0.05) is 16.7 Å². The fraction of sp³-hybridized carbons (Fsp3) is 0.905. The number of ketones is 1. The molecule has 0 heterocycles. The molecule has 0 amide bonds. The highest BCUT2D eigenvalue weighted by Gasteiger charge is 2.78. The van der Waals surface area contributed by atoms with Crippen molar-refractivity contribution < 1.29 is 29.6 Å². The number of carbonyl (C=O) groups excluding carboxylic acids is 2. The molecule has 27 heavy (non-hydrogen) atoms. The van der Waals surface area contributed by atoms with E-state index in [1.54, 1.807) is 0 Å². The van der Waals surface area contributed by atoms with Crippen LogP contribution in [0.2, 0.25) is 0 Å². The Balaban J connectivity index is 1.83. The second-order valence-electron chi connectivity index (χ2n) is 10.0. The van der Waals surface area contributed by atoms with Gasteiger partial charge in [-0.15, -0.1) is 0 Å². The van der Waals surface area contributed by atoms with Crippen molar-refractivity contribution in [1.82, 2.24) is 0 Å². The zero-order chi connectivity index (χ0) is 19.9. The first kappa shape index (κ1) is 19.3. The quantitative estimate of drug-likeness (QED) is 0.629. The highest BCUT2D eigenvalue weighted by molar-refractivity contribution is 5.97. The van der Waals surface area contributed by atoms with Crippen LogP contribution in [-0.2, 0) is 14.3 Å². The molecule has 4 aliphatic rings. The van der Waals surface area contributed by atoms with Gasteiger partial charge in [-0.25, -0.2) is 0 Å². The van der Waals surface area contributed by atoms with Gasteiger partial charge in [-0.2, -0.15) is 0 Å². The summed E-state index contributed by atoms with van der Waals surface area (Å²) in [7, 11) is 1.39. The summed E-state index contributed by atoms with van der Waals surface area (Å²) in [4.78, 5) is 26.1. The molecular formula is C21H32O6. The monoisotopic (exact) mass is 380 g/mol. The summed E-state index contributed by atoms with van der Waals surface area (Å²) in [6, 6.07) is 0. The third-order valence-corrected chi connectivity index (χ3v) is 9.45. The molecule has 0 aromatic carbocycles. The van der Waals surface area contributed by atoms with Gasteiger partial charge in [0.05, 0.1) is 24.7 Å². The molecule has 2 bridgehead atoms.